The molecule has 3 rings (SSSR count). The van der Waals surface area contributed by atoms with Crippen LogP contribution >= 0.6 is 23.6 Å². The molecule has 0 aliphatic carbocycles. The van der Waals surface area contributed by atoms with Gasteiger partial charge in [0.1, 0.15) is 0 Å². The Kier molecular flexibility index (Phi) is 5.75. The number of H-pyrrole nitrogens is 1. The maximum Gasteiger partial charge on any atom is 0.226 e. The van der Waals surface area contributed by atoms with Crippen molar-refractivity contribution in [1.82, 2.24) is 19.7 Å². The van der Waals surface area contributed by atoms with E-state index in [4.69, 9.17) is 12.2 Å². The zero-order valence-electron chi connectivity index (χ0n) is 14.4. The van der Waals surface area contributed by atoms with Gasteiger partial charge in [-0.05, 0) is 31.1 Å². The summed E-state index contributed by atoms with van der Waals surface area (Å²) in [5.41, 5.74) is 1.94. The van der Waals surface area contributed by atoms with Crippen LogP contribution in [0.15, 0.2) is 43.0 Å². The summed E-state index contributed by atoms with van der Waals surface area (Å²) in [4.78, 5) is 17.5. The normalized spacial score (nSPS) is 10.7. The van der Waals surface area contributed by atoms with Gasteiger partial charge < -0.3 is 5.32 Å². The second-order valence-corrected chi connectivity index (χ2v) is 7.10. The Bertz CT molecular complexity index is 971. The first-order valence-electron chi connectivity index (χ1n) is 8.16. The minimum atomic E-state index is -0.0564. The molecule has 2 N–H and O–H groups in total. The molecule has 8 heteroatoms. The molecule has 1 amide bonds. The largest absolute Gasteiger partial charge is 0.302 e. The molecule has 0 saturated carbocycles. The minimum absolute atomic E-state index is 0.0564. The number of hydrogen-bond donors (Lipinski definition) is 2. The molecular weight excluding hydrogens is 366 g/mol. The van der Waals surface area contributed by atoms with Crippen LogP contribution in [-0.2, 0) is 17.8 Å². The Labute approximate surface area is 160 Å². The zero-order chi connectivity index (χ0) is 18.5. The molecule has 0 aliphatic rings. The van der Waals surface area contributed by atoms with Crippen molar-refractivity contribution in [3.63, 3.8) is 0 Å². The van der Waals surface area contributed by atoms with E-state index in [9.17, 15) is 4.79 Å². The standard InChI is InChI=1S/C18H19N5OS2/c1-3-11-23-16(21-22-18(23)25)15-12(2)19-17(26-15)20-14(24)10-9-13-7-5-4-6-8-13/h3-8H,1,9-11H2,2H3,(H,22,25)(H,19,20,24). The molecule has 0 radical (unpaired) electrons. The number of rotatable bonds is 7. The molecule has 6 nitrogen and oxygen atoms in total. The van der Waals surface area contributed by atoms with Gasteiger partial charge in [0.05, 0.1) is 10.6 Å². The number of carbonyl (C=O) groups excluding carboxylic acids is 1. The number of amides is 1. The molecule has 0 saturated heterocycles. The first kappa shape index (κ1) is 18.2. The first-order chi connectivity index (χ1) is 12.6. The van der Waals surface area contributed by atoms with E-state index in [0.29, 0.717) is 35.1 Å². The second-order valence-electron chi connectivity index (χ2n) is 5.72. The highest BCUT2D eigenvalue weighted by Crippen LogP contribution is 2.31. The van der Waals surface area contributed by atoms with Crippen LogP contribution in [0.2, 0.25) is 0 Å². The molecule has 0 spiro atoms. The fraction of sp³-hybridized carbons (Fsp3) is 0.222. The number of aryl methyl sites for hydroxylation is 2. The molecule has 134 valence electrons. The molecule has 0 bridgehead atoms. The van der Waals surface area contributed by atoms with Gasteiger partial charge in [0.15, 0.2) is 15.7 Å². The van der Waals surface area contributed by atoms with Crippen LogP contribution in [0.4, 0.5) is 5.13 Å². The number of aromatic amines is 1. The summed E-state index contributed by atoms with van der Waals surface area (Å²) in [6.45, 7) is 6.19. The van der Waals surface area contributed by atoms with Crippen LogP contribution in [0.3, 0.4) is 0 Å². The van der Waals surface area contributed by atoms with Crippen LogP contribution in [-0.4, -0.2) is 25.7 Å². The zero-order valence-corrected chi connectivity index (χ0v) is 16.0. The predicted octanol–water partition coefficient (Wildman–Crippen LogP) is 4.13. The summed E-state index contributed by atoms with van der Waals surface area (Å²) < 4.78 is 2.38. The van der Waals surface area contributed by atoms with Gasteiger partial charge in [-0.25, -0.2) is 4.98 Å². The number of nitrogens with zero attached hydrogens (tertiary/aromatic N) is 3. The Morgan fingerprint density at radius 3 is 2.92 bits per heavy atom. The number of anilines is 1. The lowest BCUT2D eigenvalue weighted by atomic mass is 10.1. The number of benzene rings is 1. The molecule has 0 aliphatic heterocycles. The maximum absolute atomic E-state index is 12.2. The van der Waals surface area contributed by atoms with Crippen molar-refractivity contribution >= 4 is 34.6 Å². The minimum Gasteiger partial charge on any atom is -0.302 e. The highest BCUT2D eigenvalue weighted by molar-refractivity contribution is 7.71. The Hall–Kier alpha value is -2.58. The van der Waals surface area contributed by atoms with Crippen LogP contribution in [0.5, 0.6) is 0 Å². The van der Waals surface area contributed by atoms with Crippen LogP contribution in [0, 0.1) is 11.7 Å². The Morgan fingerprint density at radius 2 is 2.19 bits per heavy atom. The molecular formula is C18H19N5OS2. The number of carbonyl (C=O) groups is 1. The predicted molar refractivity (Wildman–Crippen MR) is 107 cm³/mol. The summed E-state index contributed by atoms with van der Waals surface area (Å²) in [6.07, 6.45) is 2.87. The number of hydrogen-bond acceptors (Lipinski definition) is 5. The van der Waals surface area contributed by atoms with Gasteiger partial charge in [-0.3, -0.25) is 14.5 Å². The van der Waals surface area contributed by atoms with E-state index in [0.717, 1.165) is 16.1 Å². The lowest BCUT2D eigenvalue weighted by Gasteiger charge is -2.02. The van der Waals surface area contributed by atoms with Crippen molar-refractivity contribution in [2.45, 2.75) is 26.3 Å². The molecule has 2 heterocycles. The average Bonchev–Trinajstić information content (AvgIpc) is 3.17. The molecule has 0 atom stereocenters. The van der Waals surface area contributed by atoms with Crippen LogP contribution in [0.1, 0.15) is 17.7 Å². The molecule has 0 unspecified atom stereocenters. The Balaban J connectivity index is 1.71. The summed E-state index contributed by atoms with van der Waals surface area (Å²) in [5, 5.41) is 10.5. The van der Waals surface area contributed by atoms with Crippen molar-refractivity contribution in [1.29, 1.82) is 0 Å². The van der Waals surface area contributed by atoms with Crippen molar-refractivity contribution in [2.75, 3.05) is 5.32 Å². The van der Waals surface area contributed by atoms with E-state index in [1.165, 1.54) is 11.3 Å². The van der Waals surface area contributed by atoms with Gasteiger partial charge in [0.25, 0.3) is 0 Å². The van der Waals surface area contributed by atoms with E-state index >= 15 is 0 Å². The maximum atomic E-state index is 12.2. The third kappa shape index (κ3) is 4.14. The van der Waals surface area contributed by atoms with Gasteiger partial charge in [-0.2, -0.15) is 5.10 Å². The van der Waals surface area contributed by atoms with Gasteiger partial charge in [0, 0.05) is 13.0 Å². The first-order valence-corrected chi connectivity index (χ1v) is 9.38. The van der Waals surface area contributed by atoms with Gasteiger partial charge in [-0.1, -0.05) is 47.7 Å². The lowest BCUT2D eigenvalue weighted by molar-refractivity contribution is -0.116. The summed E-state index contributed by atoms with van der Waals surface area (Å²) in [7, 11) is 0. The van der Waals surface area contributed by atoms with E-state index in [1.54, 1.807) is 6.08 Å². The third-order valence-electron chi connectivity index (χ3n) is 3.80. The van der Waals surface area contributed by atoms with E-state index in [-0.39, 0.29) is 5.91 Å². The van der Waals surface area contributed by atoms with Crippen LogP contribution < -0.4 is 5.32 Å². The van der Waals surface area contributed by atoms with E-state index in [1.807, 2.05) is 41.8 Å². The van der Waals surface area contributed by atoms with Crippen molar-refractivity contribution in [3.8, 4) is 10.7 Å². The monoisotopic (exact) mass is 385 g/mol. The fourth-order valence-electron chi connectivity index (χ4n) is 2.53. The molecule has 2 aromatic heterocycles. The van der Waals surface area contributed by atoms with Gasteiger partial charge in [0.2, 0.25) is 5.91 Å². The number of allylic oxidation sites excluding steroid dienone is 1. The number of nitrogens with one attached hydrogen (secondary N) is 2. The van der Waals surface area contributed by atoms with Crippen molar-refractivity contribution < 1.29 is 4.79 Å². The fourth-order valence-corrected chi connectivity index (χ4v) is 3.72. The third-order valence-corrected chi connectivity index (χ3v) is 5.18. The SMILES string of the molecule is C=CCn1c(-c2sc(NC(=O)CCc3ccccc3)nc2C)n[nH]c1=S. The second kappa shape index (κ2) is 8.20. The quantitative estimate of drug-likeness (QED) is 0.474. The lowest BCUT2D eigenvalue weighted by Crippen LogP contribution is -2.12. The highest BCUT2D eigenvalue weighted by Gasteiger charge is 2.17. The smallest absolute Gasteiger partial charge is 0.226 e. The highest BCUT2D eigenvalue weighted by atomic mass is 32.1. The molecule has 1 aromatic carbocycles. The van der Waals surface area contributed by atoms with Crippen LogP contribution in [0.25, 0.3) is 10.7 Å². The van der Waals surface area contributed by atoms with Gasteiger partial charge >= 0.3 is 0 Å². The summed E-state index contributed by atoms with van der Waals surface area (Å²) in [6, 6.07) is 9.94. The average molecular weight is 386 g/mol. The summed E-state index contributed by atoms with van der Waals surface area (Å²) in [5.74, 6) is 0.647. The summed E-state index contributed by atoms with van der Waals surface area (Å²) >= 11 is 6.64. The Morgan fingerprint density at radius 1 is 1.42 bits per heavy atom. The number of aromatic nitrogens is 4. The topological polar surface area (TPSA) is 75.6 Å². The van der Waals surface area contributed by atoms with E-state index < -0.39 is 0 Å². The van der Waals surface area contributed by atoms with Gasteiger partial charge in [-0.15, -0.1) is 6.58 Å². The number of thiazole rings is 1. The van der Waals surface area contributed by atoms with Crippen molar-refractivity contribution in [2.24, 2.45) is 0 Å². The molecule has 0 fully saturated rings. The van der Waals surface area contributed by atoms with Crippen molar-refractivity contribution in [3.05, 3.63) is 59.0 Å². The molecule has 26 heavy (non-hydrogen) atoms. The van der Waals surface area contributed by atoms with E-state index in [2.05, 4.69) is 27.1 Å². The molecule has 3 aromatic rings.